The molecule has 0 unspecified atom stereocenters. The summed E-state index contributed by atoms with van der Waals surface area (Å²) in [6, 6.07) is 6.63. The summed E-state index contributed by atoms with van der Waals surface area (Å²) in [5, 5.41) is 6.79. The van der Waals surface area contributed by atoms with Crippen molar-refractivity contribution in [2.45, 2.75) is 51.7 Å². The highest BCUT2D eigenvalue weighted by Crippen LogP contribution is 2.30. The summed E-state index contributed by atoms with van der Waals surface area (Å²) >= 11 is 0. The van der Waals surface area contributed by atoms with Crippen molar-refractivity contribution in [3.8, 4) is 0 Å². The Balaban J connectivity index is 1.44. The Morgan fingerprint density at radius 3 is 2.56 bits per heavy atom. The summed E-state index contributed by atoms with van der Waals surface area (Å²) in [6.07, 6.45) is 4.45. The van der Waals surface area contributed by atoms with Gasteiger partial charge in [-0.05, 0) is 63.3 Å². The molecule has 2 fully saturated rings. The lowest BCUT2D eigenvalue weighted by Crippen LogP contribution is -2.36. The Bertz CT molecular complexity index is 909. The van der Waals surface area contributed by atoms with Gasteiger partial charge in [0, 0.05) is 37.1 Å². The van der Waals surface area contributed by atoms with E-state index in [0.29, 0.717) is 29.6 Å². The molecule has 1 aliphatic carbocycles. The second-order valence-electron chi connectivity index (χ2n) is 8.49. The highest BCUT2D eigenvalue weighted by Gasteiger charge is 2.23. The van der Waals surface area contributed by atoms with Crippen molar-refractivity contribution in [3.05, 3.63) is 23.8 Å². The van der Waals surface area contributed by atoms with E-state index in [1.165, 1.54) is 5.69 Å². The van der Waals surface area contributed by atoms with Gasteiger partial charge in [0.25, 0.3) is 0 Å². The zero-order valence-electron chi connectivity index (χ0n) is 19.1. The molecule has 0 atom stereocenters. The number of ether oxygens (including phenoxy) is 2. The fourth-order valence-electron chi connectivity index (χ4n) is 4.38. The zero-order valence-corrected chi connectivity index (χ0v) is 19.1. The maximum atomic E-state index is 6.19. The third-order valence-electron chi connectivity index (χ3n) is 6.23. The van der Waals surface area contributed by atoms with Crippen LogP contribution in [0.15, 0.2) is 18.2 Å². The van der Waals surface area contributed by atoms with Gasteiger partial charge in [0.15, 0.2) is 11.6 Å². The summed E-state index contributed by atoms with van der Waals surface area (Å²) in [6.45, 7) is 8.22. The molecule has 2 aliphatic rings. The molecule has 4 rings (SSSR count). The molecule has 6 N–H and O–H groups in total. The van der Waals surface area contributed by atoms with Crippen LogP contribution in [0.3, 0.4) is 0 Å². The van der Waals surface area contributed by atoms with Gasteiger partial charge >= 0.3 is 0 Å². The molecule has 32 heavy (non-hydrogen) atoms. The predicted molar refractivity (Wildman–Crippen MR) is 130 cm³/mol. The molecule has 0 amide bonds. The maximum Gasteiger partial charge on any atom is 0.231 e. The standard InChI is InChI=1S/C23H35N7O2/c1-3-32-18-7-4-16(5-8-18)26-22-20(24)21(25)28-23(29-22)27-19-9-6-17(14-15(19)2)30-10-12-31-13-11-30/h6,9,14,16,18H,3-5,7-8,10-13,24H2,1-2H3,(H4,25,26,27,28,29). The van der Waals surface area contributed by atoms with Crippen LogP contribution < -0.4 is 27.0 Å². The molecule has 1 saturated heterocycles. The van der Waals surface area contributed by atoms with Gasteiger partial charge in [-0.25, -0.2) is 0 Å². The van der Waals surface area contributed by atoms with Crippen molar-refractivity contribution in [1.29, 1.82) is 0 Å². The first-order chi connectivity index (χ1) is 15.5. The van der Waals surface area contributed by atoms with Gasteiger partial charge in [0.2, 0.25) is 5.95 Å². The third kappa shape index (κ3) is 5.34. The number of nitrogens with one attached hydrogen (secondary N) is 2. The van der Waals surface area contributed by atoms with Gasteiger partial charge in [-0.3, -0.25) is 0 Å². The molecule has 9 heteroatoms. The number of hydrogen-bond acceptors (Lipinski definition) is 9. The average Bonchev–Trinajstić information content (AvgIpc) is 2.80. The maximum absolute atomic E-state index is 6.19. The van der Waals surface area contributed by atoms with Gasteiger partial charge in [0.05, 0.1) is 19.3 Å². The molecule has 2 heterocycles. The van der Waals surface area contributed by atoms with Crippen LogP contribution in [0.1, 0.15) is 38.2 Å². The molecule has 0 radical (unpaired) electrons. The number of hydrogen-bond donors (Lipinski definition) is 4. The summed E-state index contributed by atoms with van der Waals surface area (Å²) in [7, 11) is 0. The fraction of sp³-hybridized carbons (Fsp3) is 0.565. The molecular formula is C23H35N7O2. The first-order valence-corrected chi connectivity index (χ1v) is 11.5. The lowest BCUT2D eigenvalue weighted by atomic mass is 9.93. The van der Waals surface area contributed by atoms with Crippen molar-refractivity contribution in [3.63, 3.8) is 0 Å². The van der Waals surface area contributed by atoms with E-state index in [4.69, 9.17) is 20.9 Å². The topological polar surface area (TPSA) is 124 Å². The molecule has 1 aromatic carbocycles. The number of nitrogen functional groups attached to an aromatic ring is 2. The van der Waals surface area contributed by atoms with E-state index in [1.54, 1.807) is 0 Å². The number of aryl methyl sites for hydroxylation is 1. The first kappa shape index (κ1) is 22.4. The number of rotatable bonds is 7. The molecule has 1 aromatic heterocycles. The Labute approximate surface area is 189 Å². The number of aromatic nitrogens is 2. The fourth-order valence-corrected chi connectivity index (χ4v) is 4.38. The second-order valence-corrected chi connectivity index (χ2v) is 8.49. The third-order valence-corrected chi connectivity index (χ3v) is 6.23. The monoisotopic (exact) mass is 441 g/mol. The Kier molecular flexibility index (Phi) is 7.16. The zero-order chi connectivity index (χ0) is 22.5. The van der Waals surface area contributed by atoms with Crippen LogP contribution in [0.2, 0.25) is 0 Å². The minimum absolute atomic E-state index is 0.274. The van der Waals surface area contributed by atoms with Crippen LogP contribution in [-0.2, 0) is 9.47 Å². The number of anilines is 6. The molecule has 1 saturated carbocycles. The van der Waals surface area contributed by atoms with Crippen LogP contribution >= 0.6 is 0 Å². The highest BCUT2D eigenvalue weighted by atomic mass is 16.5. The smallest absolute Gasteiger partial charge is 0.231 e. The van der Waals surface area contributed by atoms with E-state index < -0.39 is 0 Å². The lowest BCUT2D eigenvalue weighted by molar-refractivity contribution is 0.0346. The van der Waals surface area contributed by atoms with Crippen LogP contribution in [0, 0.1) is 6.92 Å². The minimum Gasteiger partial charge on any atom is -0.393 e. The normalized spacial score (nSPS) is 21.4. The molecule has 9 nitrogen and oxygen atoms in total. The van der Waals surface area contributed by atoms with E-state index >= 15 is 0 Å². The van der Waals surface area contributed by atoms with Gasteiger partial charge in [-0.1, -0.05) is 0 Å². The molecule has 2 aromatic rings. The van der Waals surface area contributed by atoms with Crippen molar-refractivity contribution in [1.82, 2.24) is 9.97 Å². The minimum atomic E-state index is 0.274. The number of nitrogens with zero attached hydrogens (tertiary/aromatic N) is 3. The van der Waals surface area contributed by atoms with E-state index in [0.717, 1.165) is 69.8 Å². The largest absolute Gasteiger partial charge is 0.393 e. The van der Waals surface area contributed by atoms with E-state index in [1.807, 2.05) is 6.92 Å². The van der Waals surface area contributed by atoms with Crippen molar-refractivity contribution < 1.29 is 9.47 Å². The SMILES string of the molecule is CCOC1CCC(Nc2nc(Nc3ccc(N4CCOCC4)cc3C)nc(N)c2N)CC1. The summed E-state index contributed by atoms with van der Waals surface area (Å²) < 4.78 is 11.2. The molecule has 1 aliphatic heterocycles. The quantitative estimate of drug-likeness (QED) is 0.512. The van der Waals surface area contributed by atoms with E-state index in [9.17, 15) is 0 Å². The van der Waals surface area contributed by atoms with Crippen molar-refractivity contribution in [2.24, 2.45) is 0 Å². The van der Waals surface area contributed by atoms with Gasteiger partial charge in [0.1, 0.15) is 5.69 Å². The Hall–Kier alpha value is -2.78. The molecular weight excluding hydrogens is 406 g/mol. The van der Waals surface area contributed by atoms with E-state index in [2.05, 4.69) is 50.6 Å². The first-order valence-electron chi connectivity index (χ1n) is 11.5. The Morgan fingerprint density at radius 2 is 1.88 bits per heavy atom. The van der Waals surface area contributed by atoms with Gasteiger partial charge in [-0.2, -0.15) is 9.97 Å². The van der Waals surface area contributed by atoms with Crippen LogP contribution in [0.5, 0.6) is 0 Å². The predicted octanol–water partition coefficient (Wildman–Crippen LogP) is 3.29. The number of benzene rings is 1. The van der Waals surface area contributed by atoms with Gasteiger partial charge in [-0.15, -0.1) is 0 Å². The second kappa shape index (κ2) is 10.2. The lowest BCUT2D eigenvalue weighted by Gasteiger charge is -2.30. The molecule has 174 valence electrons. The highest BCUT2D eigenvalue weighted by molar-refractivity contribution is 5.76. The van der Waals surface area contributed by atoms with Crippen LogP contribution in [0.25, 0.3) is 0 Å². The van der Waals surface area contributed by atoms with Crippen LogP contribution in [0.4, 0.5) is 34.6 Å². The van der Waals surface area contributed by atoms with Crippen molar-refractivity contribution in [2.75, 3.05) is 59.9 Å². The number of nitrogens with two attached hydrogens (primary N) is 2. The van der Waals surface area contributed by atoms with Crippen molar-refractivity contribution >= 4 is 34.6 Å². The Morgan fingerprint density at radius 1 is 1.12 bits per heavy atom. The average molecular weight is 442 g/mol. The van der Waals surface area contributed by atoms with E-state index in [-0.39, 0.29) is 5.82 Å². The summed E-state index contributed by atoms with van der Waals surface area (Å²) in [5.41, 5.74) is 15.9. The summed E-state index contributed by atoms with van der Waals surface area (Å²) in [5.74, 6) is 1.29. The molecule has 0 bridgehead atoms. The van der Waals surface area contributed by atoms with Gasteiger partial charge < -0.3 is 36.5 Å². The number of morpholine rings is 1. The summed E-state index contributed by atoms with van der Waals surface area (Å²) in [4.78, 5) is 11.3. The van der Waals surface area contributed by atoms with Crippen LogP contribution in [-0.4, -0.2) is 55.0 Å². The molecule has 0 spiro atoms.